The summed E-state index contributed by atoms with van der Waals surface area (Å²) in [6, 6.07) is 8.81. The molecule has 0 radical (unpaired) electrons. The predicted molar refractivity (Wildman–Crippen MR) is 105 cm³/mol. The van der Waals surface area contributed by atoms with E-state index in [4.69, 9.17) is 0 Å². The largest absolute Gasteiger partial charge is 0.370 e. The van der Waals surface area contributed by atoms with Crippen molar-refractivity contribution >= 4 is 23.3 Å². The molecular weight excluding hydrogens is 342 g/mol. The third-order valence-electron chi connectivity index (χ3n) is 4.61. The number of rotatable bonds is 5. The van der Waals surface area contributed by atoms with E-state index in [9.17, 15) is 9.59 Å². The predicted octanol–water partition coefficient (Wildman–Crippen LogP) is 2.38. The molecule has 2 aromatic rings. The summed E-state index contributed by atoms with van der Waals surface area (Å²) in [5.41, 5.74) is 1.23. The van der Waals surface area contributed by atoms with E-state index in [0.717, 1.165) is 37.1 Å². The molecule has 1 saturated heterocycles. The van der Waals surface area contributed by atoms with Crippen molar-refractivity contribution in [2.45, 2.75) is 20.8 Å². The normalized spacial score (nSPS) is 14.2. The van der Waals surface area contributed by atoms with Crippen molar-refractivity contribution in [2.24, 2.45) is 0 Å². The summed E-state index contributed by atoms with van der Waals surface area (Å²) in [5.74, 6) is 2.43. The van der Waals surface area contributed by atoms with Crippen molar-refractivity contribution in [2.75, 3.05) is 42.9 Å². The molecule has 1 fully saturated rings. The summed E-state index contributed by atoms with van der Waals surface area (Å²) in [6.45, 7) is 8.95. The van der Waals surface area contributed by atoms with Crippen molar-refractivity contribution < 1.29 is 9.59 Å². The zero-order chi connectivity index (χ0) is 19.4. The zero-order valence-corrected chi connectivity index (χ0v) is 16.0. The quantitative estimate of drug-likeness (QED) is 0.818. The van der Waals surface area contributed by atoms with E-state index in [1.807, 2.05) is 24.8 Å². The fourth-order valence-corrected chi connectivity index (χ4v) is 3.15. The first-order valence-corrected chi connectivity index (χ1v) is 9.22. The van der Waals surface area contributed by atoms with Gasteiger partial charge in [0.2, 0.25) is 0 Å². The fraction of sp³-hybridized carbons (Fsp3) is 0.400. The summed E-state index contributed by atoms with van der Waals surface area (Å²) in [6.07, 6.45) is 0. The summed E-state index contributed by atoms with van der Waals surface area (Å²) in [4.78, 5) is 37.0. The smallest absolute Gasteiger partial charge is 0.253 e. The third kappa shape index (κ3) is 4.42. The van der Waals surface area contributed by atoms with E-state index in [1.165, 1.54) is 6.92 Å². The number of ketones is 1. The van der Waals surface area contributed by atoms with Crippen LogP contribution < -0.4 is 10.2 Å². The molecule has 0 saturated carbocycles. The van der Waals surface area contributed by atoms with E-state index >= 15 is 0 Å². The van der Waals surface area contributed by atoms with Crippen LogP contribution in [0.4, 0.5) is 11.6 Å². The molecule has 1 amide bonds. The van der Waals surface area contributed by atoms with Gasteiger partial charge in [0, 0.05) is 49.9 Å². The lowest BCUT2D eigenvalue weighted by Gasteiger charge is -2.35. The minimum atomic E-state index is -0.00282. The number of piperazine rings is 1. The SMILES string of the molecule is CCNc1cc(N2CCN(C(=O)c3ccc(C(C)=O)cc3)CC2)nc(C)n1. The van der Waals surface area contributed by atoms with E-state index in [-0.39, 0.29) is 11.7 Å². The third-order valence-corrected chi connectivity index (χ3v) is 4.61. The standard InChI is InChI=1S/C20H25N5O2/c1-4-21-18-13-19(23-15(3)22-18)24-9-11-25(12-10-24)20(27)17-7-5-16(6-8-17)14(2)26/h5-8,13H,4,9-12H2,1-3H3,(H,21,22,23). The van der Waals surface area contributed by atoms with Gasteiger partial charge in [0.1, 0.15) is 17.5 Å². The number of carbonyl (C=O) groups excluding carboxylic acids is 2. The number of hydrogen-bond acceptors (Lipinski definition) is 6. The van der Waals surface area contributed by atoms with E-state index < -0.39 is 0 Å². The molecule has 1 aliphatic heterocycles. The molecular formula is C20H25N5O2. The van der Waals surface area contributed by atoms with Crippen LogP contribution in [0.25, 0.3) is 0 Å². The molecule has 1 N–H and O–H groups in total. The number of nitrogens with zero attached hydrogens (tertiary/aromatic N) is 4. The molecule has 0 aliphatic carbocycles. The zero-order valence-electron chi connectivity index (χ0n) is 16.0. The number of carbonyl (C=O) groups is 2. The highest BCUT2D eigenvalue weighted by Gasteiger charge is 2.23. The topological polar surface area (TPSA) is 78.4 Å². The average Bonchev–Trinajstić information content (AvgIpc) is 2.67. The Balaban J connectivity index is 1.64. The second-order valence-corrected chi connectivity index (χ2v) is 6.60. The fourth-order valence-electron chi connectivity index (χ4n) is 3.15. The molecule has 2 heterocycles. The molecule has 0 atom stereocenters. The highest BCUT2D eigenvalue weighted by molar-refractivity contribution is 5.97. The van der Waals surface area contributed by atoms with Gasteiger partial charge in [0.05, 0.1) is 0 Å². The number of nitrogens with one attached hydrogen (secondary N) is 1. The van der Waals surface area contributed by atoms with Crippen molar-refractivity contribution in [3.63, 3.8) is 0 Å². The van der Waals surface area contributed by atoms with Crippen LogP contribution in [0.2, 0.25) is 0 Å². The van der Waals surface area contributed by atoms with Crippen LogP contribution in [-0.4, -0.2) is 59.3 Å². The van der Waals surface area contributed by atoms with Gasteiger partial charge in [0.25, 0.3) is 5.91 Å². The Morgan fingerprint density at radius 2 is 1.67 bits per heavy atom. The summed E-state index contributed by atoms with van der Waals surface area (Å²) >= 11 is 0. The molecule has 1 aliphatic rings. The molecule has 7 heteroatoms. The van der Waals surface area contributed by atoms with Gasteiger partial charge < -0.3 is 15.1 Å². The number of aryl methyl sites for hydroxylation is 1. The summed E-state index contributed by atoms with van der Waals surface area (Å²) in [7, 11) is 0. The second-order valence-electron chi connectivity index (χ2n) is 6.60. The molecule has 1 aromatic carbocycles. The van der Waals surface area contributed by atoms with Crippen LogP contribution in [0, 0.1) is 6.92 Å². The Labute approximate surface area is 159 Å². The Bertz CT molecular complexity index is 827. The lowest BCUT2D eigenvalue weighted by atomic mass is 10.1. The van der Waals surface area contributed by atoms with Crippen LogP contribution >= 0.6 is 0 Å². The molecule has 0 bridgehead atoms. The van der Waals surface area contributed by atoms with Gasteiger partial charge in [-0.15, -0.1) is 0 Å². The number of Topliss-reactive ketones (excluding diaryl/α,β-unsaturated/α-hetero) is 1. The van der Waals surface area contributed by atoms with Crippen LogP contribution in [0.3, 0.4) is 0 Å². The number of amides is 1. The van der Waals surface area contributed by atoms with E-state index in [1.54, 1.807) is 24.3 Å². The van der Waals surface area contributed by atoms with Crippen LogP contribution in [0.1, 0.15) is 40.4 Å². The van der Waals surface area contributed by atoms with Crippen LogP contribution in [0.5, 0.6) is 0 Å². The van der Waals surface area contributed by atoms with Crippen molar-refractivity contribution in [3.05, 3.63) is 47.3 Å². The molecule has 7 nitrogen and oxygen atoms in total. The molecule has 0 spiro atoms. The first-order valence-electron chi connectivity index (χ1n) is 9.22. The van der Waals surface area contributed by atoms with E-state index in [2.05, 4.69) is 20.2 Å². The maximum absolute atomic E-state index is 12.7. The van der Waals surface area contributed by atoms with E-state index in [0.29, 0.717) is 24.2 Å². The van der Waals surface area contributed by atoms with Crippen molar-refractivity contribution in [1.82, 2.24) is 14.9 Å². The van der Waals surface area contributed by atoms with Crippen molar-refractivity contribution in [3.8, 4) is 0 Å². The minimum absolute atomic E-state index is 0.000287. The number of hydrogen-bond donors (Lipinski definition) is 1. The Morgan fingerprint density at radius 3 is 2.26 bits per heavy atom. The molecule has 27 heavy (non-hydrogen) atoms. The lowest BCUT2D eigenvalue weighted by molar-refractivity contribution is 0.0746. The Hall–Kier alpha value is -2.96. The molecule has 0 unspecified atom stereocenters. The van der Waals surface area contributed by atoms with Crippen LogP contribution in [-0.2, 0) is 0 Å². The Morgan fingerprint density at radius 1 is 1.04 bits per heavy atom. The first kappa shape index (κ1) is 18.8. The highest BCUT2D eigenvalue weighted by Crippen LogP contribution is 2.19. The molecule has 142 valence electrons. The number of aromatic nitrogens is 2. The summed E-state index contributed by atoms with van der Waals surface area (Å²) in [5, 5.41) is 3.22. The van der Waals surface area contributed by atoms with Gasteiger partial charge in [-0.2, -0.15) is 0 Å². The maximum atomic E-state index is 12.7. The minimum Gasteiger partial charge on any atom is -0.370 e. The van der Waals surface area contributed by atoms with Gasteiger partial charge in [-0.05, 0) is 32.9 Å². The Kier molecular flexibility index (Phi) is 5.69. The lowest BCUT2D eigenvalue weighted by Crippen LogP contribution is -2.49. The van der Waals surface area contributed by atoms with Gasteiger partial charge in [-0.3, -0.25) is 9.59 Å². The molecule has 1 aromatic heterocycles. The molecule has 3 rings (SSSR count). The van der Waals surface area contributed by atoms with Gasteiger partial charge in [-0.1, -0.05) is 12.1 Å². The highest BCUT2D eigenvalue weighted by atomic mass is 16.2. The maximum Gasteiger partial charge on any atom is 0.253 e. The second kappa shape index (κ2) is 8.16. The van der Waals surface area contributed by atoms with Gasteiger partial charge in [0.15, 0.2) is 5.78 Å². The van der Waals surface area contributed by atoms with Crippen molar-refractivity contribution in [1.29, 1.82) is 0 Å². The summed E-state index contributed by atoms with van der Waals surface area (Å²) < 4.78 is 0. The van der Waals surface area contributed by atoms with Gasteiger partial charge in [-0.25, -0.2) is 9.97 Å². The first-order chi connectivity index (χ1) is 13.0. The monoisotopic (exact) mass is 367 g/mol. The number of anilines is 2. The van der Waals surface area contributed by atoms with Gasteiger partial charge >= 0.3 is 0 Å². The number of benzene rings is 1. The average molecular weight is 367 g/mol. The van der Waals surface area contributed by atoms with Crippen LogP contribution in [0.15, 0.2) is 30.3 Å².